The van der Waals surface area contributed by atoms with Gasteiger partial charge >= 0.3 is 0 Å². The minimum Gasteiger partial charge on any atom is -0.381 e. The predicted molar refractivity (Wildman–Crippen MR) is 71.1 cm³/mol. The standard InChI is InChI=1S/C15H21F2NO/c1-3-18-15(11-5-4-6-19-9-11)12-8-13(16)10(2)7-14(12)17/h7-8,11,15,18H,3-6,9H2,1-2H3. The van der Waals surface area contributed by atoms with Crippen molar-refractivity contribution in [3.8, 4) is 0 Å². The largest absolute Gasteiger partial charge is 0.381 e. The molecule has 0 radical (unpaired) electrons. The van der Waals surface area contributed by atoms with Gasteiger partial charge in [-0.2, -0.15) is 0 Å². The van der Waals surface area contributed by atoms with Crippen molar-refractivity contribution >= 4 is 0 Å². The van der Waals surface area contributed by atoms with Crippen molar-refractivity contribution in [3.05, 3.63) is 34.9 Å². The molecule has 1 saturated heterocycles. The summed E-state index contributed by atoms with van der Waals surface area (Å²) in [5.41, 5.74) is 0.761. The van der Waals surface area contributed by atoms with Crippen LogP contribution < -0.4 is 5.32 Å². The number of nitrogens with one attached hydrogen (secondary N) is 1. The van der Waals surface area contributed by atoms with Gasteiger partial charge in [-0.15, -0.1) is 0 Å². The zero-order valence-electron chi connectivity index (χ0n) is 11.5. The Morgan fingerprint density at radius 1 is 1.37 bits per heavy atom. The van der Waals surface area contributed by atoms with Gasteiger partial charge in [0.05, 0.1) is 6.61 Å². The number of rotatable bonds is 4. The number of hydrogen-bond acceptors (Lipinski definition) is 2. The molecule has 2 atom stereocenters. The average Bonchev–Trinajstić information content (AvgIpc) is 2.42. The van der Waals surface area contributed by atoms with Crippen molar-refractivity contribution in [2.24, 2.45) is 5.92 Å². The summed E-state index contributed by atoms with van der Waals surface area (Å²) >= 11 is 0. The van der Waals surface area contributed by atoms with Crippen LogP contribution in [0, 0.1) is 24.5 Å². The van der Waals surface area contributed by atoms with Crippen LogP contribution in [0.25, 0.3) is 0 Å². The van der Waals surface area contributed by atoms with E-state index in [0.29, 0.717) is 17.7 Å². The molecular weight excluding hydrogens is 248 g/mol. The van der Waals surface area contributed by atoms with Crippen LogP contribution in [-0.4, -0.2) is 19.8 Å². The van der Waals surface area contributed by atoms with Crippen molar-refractivity contribution in [2.45, 2.75) is 32.7 Å². The molecule has 1 heterocycles. The van der Waals surface area contributed by atoms with Gasteiger partial charge in [-0.05, 0) is 44.0 Å². The Hall–Kier alpha value is -1.00. The molecule has 2 rings (SSSR count). The molecule has 1 aromatic rings. The topological polar surface area (TPSA) is 21.3 Å². The molecule has 2 nitrogen and oxygen atoms in total. The summed E-state index contributed by atoms with van der Waals surface area (Å²) in [5, 5.41) is 3.27. The van der Waals surface area contributed by atoms with E-state index in [1.54, 1.807) is 6.92 Å². The first-order chi connectivity index (χ1) is 9.13. The molecule has 0 aromatic heterocycles. The second-order valence-electron chi connectivity index (χ2n) is 5.14. The highest BCUT2D eigenvalue weighted by Crippen LogP contribution is 2.31. The lowest BCUT2D eigenvalue weighted by Crippen LogP contribution is -2.34. The summed E-state index contributed by atoms with van der Waals surface area (Å²) in [4.78, 5) is 0. The SMILES string of the molecule is CCNC(c1cc(F)c(C)cc1F)C1CCCOC1. The van der Waals surface area contributed by atoms with Crippen molar-refractivity contribution in [1.29, 1.82) is 0 Å². The summed E-state index contributed by atoms with van der Waals surface area (Å²) in [7, 11) is 0. The maximum atomic E-state index is 14.1. The normalized spacial score (nSPS) is 21.4. The third-order valence-corrected chi connectivity index (χ3v) is 3.70. The first-order valence-electron chi connectivity index (χ1n) is 6.90. The van der Waals surface area contributed by atoms with Gasteiger partial charge in [0, 0.05) is 24.1 Å². The lowest BCUT2D eigenvalue weighted by molar-refractivity contribution is 0.0387. The molecule has 0 amide bonds. The van der Waals surface area contributed by atoms with Crippen LogP contribution in [-0.2, 0) is 4.74 Å². The number of ether oxygens (including phenoxy) is 1. The Bertz CT molecular complexity index is 430. The summed E-state index contributed by atoms with van der Waals surface area (Å²) in [6.45, 7) is 5.64. The molecule has 1 fully saturated rings. The first-order valence-corrected chi connectivity index (χ1v) is 6.90. The molecule has 0 bridgehead atoms. The van der Waals surface area contributed by atoms with Gasteiger partial charge in [0.15, 0.2) is 0 Å². The fraction of sp³-hybridized carbons (Fsp3) is 0.600. The van der Waals surface area contributed by atoms with E-state index >= 15 is 0 Å². The Morgan fingerprint density at radius 2 is 2.16 bits per heavy atom. The van der Waals surface area contributed by atoms with E-state index in [9.17, 15) is 8.78 Å². The van der Waals surface area contributed by atoms with E-state index in [-0.39, 0.29) is 23.6 Å². The summed E-state index contributed by atoms with van der Waals surface area (Å²) < 4.78 is 33.3. The van der Waals surface area contributed by atoms with Gasteiger partial charge in [0.2, 0.25) is 0 Å². The molecule has 1 aliphatic heterocycles. The van der Waals surface area contributed by atoms with Gasteiger partial charge < -0.3 is 10.1 Å². The molecule has 4 heteroatoms. The second-order valence-corrected chi connectivity index (χ2v) is 5.14. The molecule has 0 spiro atoms. The highest BCUT2D eigenvalue weighted by atomic mass is 19.1. The minimum absolute atomic E-state index is 0.180. The fourth-order valence-corrected chi connectivity index (χ4v) is 2.68. The van der Waals surface area contributed by atoms with Gasteiger partial charge in [-0.1, -0.05) is 6.92 Å². The summed E-state index contributed by atoms with van der Waals surface area (Å²) in [5.74, 6) is -0.489. The number of benzene rings is 1. The molecule has 106 valence electrons. The number of halogens is 2. The Labute approximate surface area is 113 Å². The predicted octanol–water partition coefficient (Wildman–Crippen LogP) is 3.35. The average molecular weight is 269 g/mol. The molecule has 2 unspecified atom stereocenters. The third-order valence-electron chi connectivity index (χ3n) is 3.70. The molecule has 1 aromatic carbocycles. The summed E-state index contributed by atoms with van der Waals surface area (Å²) in [6, 6.07) is 2.42. The maximum Gasteiger partial charge on any atom is 0.128 e. The van der Waals surface area contributed by atoms with E-state index in [4.69, 9.17) is 4.74 Å². The van der Waals surface area contributed by atoms with Crippen LogP contribution in [0.5, 0.6) is 0 Å². The molecule has 19 heavy (non-hydrogen) atoms. The van der Waals surface area contributed by atoms with Crippen LogP contribution in [0.1, 0.15) is 36.9 Å². The van der Waals surface area contributed by atoms with Crippen LogP contribution in [0.3, 0.4) is 0 Å². The van der Waals surface area contributed by atoms with Gasteiger partial charge in [-0.25, -0.2) is 8.78 Å². The van der Waals surface area contributed by atoms with Crippen LogP contribution in [0.4, 0.5) is 8.78 Å². The number of hydrogen-bond donors (Lipinski definition) is 1. The second kappa shape index (κ2) is 6.44. The van der Waals surface area contributed by atoms with Crippen molar-refractivity contribution < 1.29 is 13.5 Å². The van der Waals surface area contributed by atoms with Crippen LogP contribution in [0.2, 0.25) is 0 Å². The fourth-order valence-electron chi connectivity index (χ4n) is 2.68. The summed E-state index contributed by atoms with van der Waals surface area (Å²) in [6.07, 6.45) is 1.95. The zero-order chi connectivity index (χ0) is 13.8. The highest BCUT2D eigenvalue weighted by Gasteiger charge is 2.27. The quantitative estimate of drug-likeness (QED) is 0.905. The van der Waals surface area contributed by atoms with E-state index in [1.807, 2.05) is 6.92 Å². The van der Waals surface area contributed by atoms with Gasteiger partial charge in [0.1, 0.15) is 11.6 Å². The molecule has 0 aliphatic carbocycles. The molecular formula is C15H21F2NO. The van der Waals surface area contributed by atoms with Crippen LogP contribution >= 0.6 is 0 Å². The maximum absolute atomic E-state index is 14.1. The van der Waals surface area contributed by atoms with Gasteiger partial charge in [0.25, 0.3) is 0 Å². The monoisotopic (exact) mass is 269 g/mol. The highest BCUT2D eigenvalue weighted by molar-refractivity contribution is 5.28. The Balaban J connectivity index is 2.29. The molecule has 1 aliphatic rings. The minimum atomic E-state index is -0.351. The van der Waals surface area contributed by atoms with E-state index in [1.165, 1.54) is 12.1 Å². The molecule has 1 N–H and O–H groups in total. The third kappa shape index (κ3) is 3.31. The Kier molecular flexibility index (Phi) is 4.88. The first kappa shape index (κ1) is 14.4. The molecule has 0 saturated carbocycles. The van der Waals surface area contributed by atoms with E-state index < -0.39 is 0 Å². The van der Waals surface area contributed by atoms with Gasteiger partial charge in [-0.3, -0.25) is 0 Å². The number of aryl methyl sites for hydroxylation is 1. The zero-order valence-corrected chi connectivity index (χ0v) is 11.5. The van der Waals surface area contributed by atoms with Crippen molar-refractivity contribution in [2.75, 3.05) is 19.8 Å². The van der Waals surface area contributed by atoms with Crippen molar-refractivity contribution in [1.82, 2.24) is 5.32 Å². The lowest BCUT2D eigenvalue weighted by atomic mass is 9.88. The lowest BCUT2D eigenvalue weighted by Gasteiger charge is -2.31. The van der Waals surface area contributed by atoms with E-state index in [2.05, 4.69) is 5.32 Å². The van der Waals surface area contributed by atoms with Crippen LogP contribution in [0.15, 0.2) is 12.1 Å². The van der Waals surface area contributed by atoms with E-state index in [0.717, 1.165) is 26.0 Å². The smallest absolute Gasteiger partial charge is 0.128 e. The van der Waals surface area contributed by atoms with Crippen molar-refractivity contribution in [3.63, 3.8) is 0 Å². The Morgan fingerprint density at radius 3 is 2.79 bits per heavy atom.